The summed E-state index contributed by atoms with van der Waals surface area (Å²) in [7, 11) is 0. The molecule has 102 valence electrons. The van der Waals surface area contributed by atoms with Gasteiger partial charge in [-0.25, -0.2) is 0 Å². The Kier molecular flexibility index (Phi) is 4.76. The number of rotatable bonds is 5. The Hall–Kier alpha value is -1.52. The Bertz CT molecular complexity index is 423. The van der Waals surface area contributed by atoms with Crippen molar-refractivity contribution in [2.24, 2.45) is 5.92 Å². The fraction of sp³-hybridized carbons (Fsp3) is 0.692. The molecule has 0 spiro atoms. The molecule has 5 nitrogen and oxygen atoms in total. The smallest absolute Gasteiger partial charge is 0.271 e. The van der Waals surface area contributed by atoms with Crippen LogP contribution < -0.4 is 11.1 Å². The van der Waals surface area contributed by atoms with E-state index in [9.17, 15) is 4.79 Å². The predicted molar refractivity (Wildman–Crippen MR) is 73.4 cm³/mol. The molecule has 0 fully saturated rings. The van der Waals surface area contributed by atoms with Crippen LogP contribution in [0.25, 0.3) is 0 Å². The molecule has 0 aliphatic heterocycles. The second kappa shape index (κ2) is 5.89. The second-order valence-corrected chi connectivity index (χ2v) is 5.17. The average Bonchev–Trinajstić information content (AvgIpc) is 2.53. The third-order valence-electron chi connectivity index (χ3n) is 2.89. The SMILES string of the molecule is CCn1nc(C)c(N)c1C(=O)NC(C)CC(C)C. The fourth-order valence-electron chi connectivity index (χ4n) is 2.12. The van der Waals surface area contributed by atoms with Gasteiger partial charge in [-0.3, -0.25) is 9.48 Å². The number of carbonyl (C=O) groups excluding carboxylic acids is 1. The summed E-state index contributed by atoms with van der Waals surface area (Å²) in [6, 6.07) is 0.136. The summed E-state index contributed by atoms with van der Waals surface area (Å²) >= 11 is 0. The third-order valence-corrected chi connectivity index (χ3v) is 2.89. The molecule has 1 atom stereocenters. The van der Waals surface area contributed by atoms with E-state index < -0.39 is 0 Å². The number of nitrogens with zero attached hydrogens (tertiary/aromatic N) is 2. The van der Waals surface area contributed by atoms with Crippen molar-refractivity contribution in [2.75, 3.05) is 5.73 Å². The number of amides is 1. The van der Waals surface area contributed by atoms with E-state index in [-0.39, 0.29) is 11.9 Å². The van der Waals surface area contributed by atoms with Crippen LogP contribution in [0.1, 0.15) is 50.3 Å². The number of nitrogen functional groups attached to an aromatic ring is 1. The highest BCUT2D eigenvalue weighted by atomic mass is 16.2. The van der Waals surface area contributed by atoms with E-state index in [1.807, 2.05) is 20.8 Å². The van der Waals surface area contributed by atoms with Crippen molar-refractivity contribution in [1.29, 1.82) is 0 Å². The highest BCUT2D eigenvalue weighted by Crippen LogP contribution is 2.16. The summed E-state index contributed by atoms with van der Waals surface area (Å²) in [5, 5.41) is 7.23. The van der Waals surface area contributed by atoms with Gasteiger partial charge in [0.1, 0.15) is 5.69 Å². The van der Waals surface area contributed by atoms with Gasteiger partial charge in [-0.15, -0.1) is 0 Å². The van der Waals surface area contributed by atoms with Gasteiger partial charge in [0, 0.05) is 12.6 Å². The Morgan fingerprint density at radius 3 is 2.56 bits per heavy atom. The molecular formula is C13H24N4O. The van der Waals surface area contributed by atoms with Crippen LogP contribution in [0.3, 0.4) is 0 Å². The minimum absolute atomic E-state index is 0.136. The number of anilines is 1. The van der Waals surface area contributed by atoms with Crippen molar-refractivity contribution in [3.8, 4) is 0 Å². The lowest BCUT2D eigenvalue weighted by atomic mass is 10.1. The molecule has 5 heteroatoms. The topological polar surface area (TPSA) is 72.9 Å². The zero-order valence-electron chi connectivity index (χ0n) is 11.9. The van der Waals surface area contributed by atoms with Gasteiger partial charge in [0.2, 0.25) is 0 Å². The highest BCUT2D eigenvalue weighted by Gasteiger charge is 2.20. The average molecular weight is 252 g/mol. The third kappa shape index (κ3) is 3.24. The maximum absolute atomic E-state index is 12.2. The molecular weight excluding hydrogens is 228 g/mol. The van der Waals surface area contributed by atoms with Crippen molar-refractivity contribution in [3.05, 3.63) is 11.4 Å². The second-order valence-electron chi connectivity index (χ2n) is 5.17. The molecule has 1 heterocycles. The molecule has 0 saturated carbocycles. The zero-order chi connectivity index (χ0) is 13.9. The van der Waals surface area contributed by atoms with Crippen LogP contribution in [0.15, 0.2) is 0 Å². The molecule has 1 aromatic rings. The van der Waals surface area contributed by atoms with Crippen molar-refractivity contribution >= 4 is 11.6 Å². The molecule has 18 heavy (non-hydrogen) atoms. The van der Waals surface area contributed by atoms with E-state index in [4.69, 9.17) is 5.73 Å². The van der Waals surface area contributed by atoms with E-state index in [0.717, 1.165) is 6.42 Å². The molecule has 0 aromatic carbocycles. The molecule has 1 amide bonds. The van der Waals surface area contributed by atoms with Gasteiger partial charge in [0.05, 0.1) is 11.4 Å². The van der Waals surface area contributed by atoms with Gasteiger partial charge in [-0.2, -0.15) is 5.10 Å². The first-order chi connectivity index (χ1) is 8.36. The van der Waals surface area contributed by atoms with Crippen LogP contribution in [0.4, 0.5) is 5.69 Å². The Balaban J connectivity index is 2.84. The van der Waals surface area contributed by atoms with Crippen LogP contribution in [-0.2, 0) is 6.54 Å². The number of hydrogen-bond acceptors (Lipinski definition) is 3. The molecule has 1 unspecified atom stereocenters. The van der Waals surface area contributed by atoms with Crippen LogP contribution >= 0.6 is 0 Å². The minimum atomic E-state index is -0.136. The van der Waals surface area contributed by atoms with Crippen LogP contribution in [0.5, 0.6) is 0 Å². The van der Waals surface area contributed by atoms with Crippen molar-refractivity contribution in [3.63, 3.8) is 0 Å². The number of nitrogens with one attached hydrogen (secondary N) is 1. The standard InChI is InChI=1S/C13H24N4O/c1-6-17-12(11(14)10(5)16-17)13(18)15-9(4)7-8(2)3/h8-9H,6-7,14H2,1-5H3,(H,15,18). The molecule has 1 aromatic heterocycles. The largest absolute Gasteiger partial charge is 0.395 e. The lowest BCUT2D eigenvalue weighted by molar-refractivity contribution is 0.0926. The van der Waals surface area contributed by atoms with E-state index >= 15 is 0 Å². The Morgan fingerprint density at radius 1 is 1.44 bits per heavy atom. The summed E-state index contributed by atoms with van der Waals surface area (Å²) in [6.45, 7) is 10.7. The van der Waals surface area contributed by atoms with Crippen molar-refractivity contribution in [2.45, 2.75) is 53.6 Å². The van der Waals surface area contributed by atoms with Crippen LogP contribution in [-0.4, -0.2) is 21.7 Å². The summed E-state index contributed by atoms with van der Waals surface area (Å²) in [5.41, 5.74) is 7.57. The number of hydrogen-bond donors (Lipinski definition) is 2. The first kappa shape index (κ1) is 14.5. The number of carbonyl (C=O) groups is 1. The summed E-state index contributed by atoms with van der Waals surface area (Å²) < 4.78 is 1.65. The number of aryl methyl sites for hydroxylation is 2. The van der Waals surface area contributed by atoms with Crippen LogP contribution in [0.2, 0.25) is 0 Å². The normalized spacial score (nSPS) is 12.8. The molecule has 0 bridgehead atoms. The van der Waals surface area contributed by atoms with Crippen molar-refractivity contribution < 1.29 is 4.79 Å². The summed E-state index contributed by atoms with van der Waals surface area (Å²) in [4.78, 5) is 12.2. The molecule has 0 saturated heterocycles. The quantitative estimate of drug-likeness (QED) is 0.841. The lowest BCUT2D eigenvalue weighted by Crippen LogP contribution is -2.35. The minimum Gasteiger partial charge on any atom is -0.395 e. The maximum atomic E-state index is 12.2. The van der Waals surface area contributed by atoms with E-state index in [1.165, 1.54) is 0 Å². The Morgan fingerprint density at radius 2 is 2.06 bits per heavy atom. The van der Waals surface area contributed by atoms with Gasteiger partial charge < -0.3 is 11.1 Å². The summed E-state index contributed by atoms with van der Waals surface area (Å²) in [5.74, 6) is 0.415. The Labute approximate surface area is 109 Å². The van der Waals surface area contributed by atoms with Gasteiger partial charge in [0.25, 0.3) is 5.91 Å². The predicted octanol–water partition coefficient (Wildman–Crippen LogP) is 1.96. The molecule has 1 rings (SSSR count). The molecule has 0 aliphatic rings. The molecule has 3 N–H and O–H groups in total. The first-order valence-corrected chi connectivity index (χ1v) is 6.50. The zero-order valence-corrected chi connectivity index (χ0v) is 11.9. The van der Waals surface area contributed by atoms with Gasteiger partial charge in [-0.05, 0) is 33.1 Å². The first-order valence-electron chi connectivity index (χ1n) is 6.50. The molecule has 0 radical (unpaired) electrons. The van der Waals surface area contributed by atoms with Gasteiger partial charge in [-0.1, -0.05) is 13.8 Å². The van der Waals surface area contributed by atoms with Crippen LogP contribution in [0, 0.1) is 12.8 Å². The summed E-state index contributed by atoms with van der Waals surface area (Å²) in [6.07, 6.45) is 0.949. The van der Waals surface area contributed by atoms with Gasteiger partial charge >= 0.3 is 0 Å². The van der Waals surface area contributed by atoms with E-state index in [2.05, 4.69) is 24.3 Å². The highest BCUT2D eigenvalue weighted by molar-refractivity contribution is 5.98. The maximum Gasteiger partial charge on any atom is 0.271 e. The number of aromatic nitrogens is 2. The lowest BCUT2D eigenvalue weighted by Gasteiger charge is -2.16. The van der Waals surface area contributed by atoms with E-state index in [1.54, 1.807) is 4.68 Å². The van der Waals surface area contributed by atoms with Crippen molar-refractivity contribution in [1.82, 2.24) is 15.1 Å². The monoisotopic (exact) mass is 252 g/mol. The number of nitrogens with two attached hydrogens (primary N) is 1. The fourth-order valence-corrected chi connectivity index (χ4v) is 2.12. The van der Waals surface area contributed by atoms with Gasteiger partial charge in [0.15, 0.2) is 0 Å². The molecule has 0 aliphatic carbocycles. The van der Waals surface area contributed by atoms with E-state index in [0.29, 0.717) is 29.5 Å².